The van der Waals surface area contributed by atoms with Crippen molar-refractivity contribution in [3.63, 3.8) is 0 Å². The average molecular weight is 257 g/mol. The summed E-state index contributed by atoms with van der Waals surface area (Å²) in [5.41, 5.74) is 0. The lowest BCUT2D eigenvalue weighted by atomic mass is 10.1. The van der Waals surface area contributed by atoms with Crippen molar-refractivity contribution in [3.8, 4) is 0 Å². The number of ether oxygens (including phenoxy) is 2. The van der Waals surface area contributed by atoms with Crippen molar-refractivity contribution in [3.05, 3.63) is 0 Å². The van der Waals surface area contributed by atoms with E-state index in [1.807, 2.05) is 0 Å². The number of hydrogen-bond acceptors (Lipinski definition) is 4. The Bertz CT molecular complexity index is 219. The van der Waals surface area contributed by atoms with E-state index in [1.54, 1.807) is 0 Å². The maximum atomic E-state index is 8.90. The largest absolute Gasteiger partial charge is 0.396 e. The van der Waals surface area contributed by atoms with E-state index in [0.29, 0.717) is 12.6 Å². The van der Waals surface area contributed by atoms with Crippen molar-refractivity contribution in [1.29, 1.82) is 0 Å². The van der Waals surface area contributed by atoms with Crippen LogP contribution in [0.5, 0.6) is 0 Å². The lowest BCUT2D eigenvalue weighted by Gasteiger charge is -2.27. The van der Waals surface area contributed by atoms with E-state index in [9.17, 15) is 0 Å². The van der Waals surface area contributed by atoms with Gasteiger partial charge in [0.25, 0.3) is 0 Å². The zero-order valence-corrected chi connectivity index (χ0v) is 11.4. The lowest BCUT2D eigenvalue weighted by Crippen LogP contribution is -2.34. The predicted molar refractivity (Wildman–Crippen MR) is 70.5 cm³/mol. The fourth-order valence-electron chi connectivity index (χ4n) is 2.99. The molecule has 2 rings (SSSR count). The molecule has 106 valence electrons. The molecular weight excluding hydrogens is 230 g/mol. The van der Waals surface area contributed by atoms with Gasteiger partial charge in [0, 0.05) is 25.8 Å². The number of aliphatic hydroxyl groups excluding tert-OH is 1. The molecule has 2 atom stereocenters. The molecule has 2 fully saturated rings. The van der Waals surface area contributed by atoms with E-state index < -0.39 is 0 Å². The Labute approximate surface area is 110 Å². The van der Waals surface area contributed by atoms with Crippen molar-refractivity contribution in [2.24, 2.45) is 0 Å². The van der Waals surface area contributed by atoms with Crippen LogP contribution in [0.1, 0.15) is 44.9 Å². The molecule has 2 heterocycles. The van der Waals surface area contributed by atoms with Gasteiger partial charge in [-0.1, -0.05) is 0 Å². The Morgan fingerprint density at radius 2 is 2.17 bits per heavy atom. The first kappa shape index (κ1) is 14.3. The minimum Gasteiger partial charge on any atom is -0.396 e. The van der Waals surface area contributed by atoms with E-state index in [2.05, 4.69) is 4.90 Å². The van der Waals surface area contributed by atoms with Crippen LogP contribution in [-0.4, -0.2) is 55.2 Å². The second-order valence-electron chi connectivity index (χ2n) is 5.36. The Morgan fingerprint density at radius 1 is 1.22 bits per heavy atom. The summed E-state index contributed by atoms with van der Waals surface area (Å²) in [5, 5.41) is 8.90. The summed E-state index contributed by atoms with van der Waals surface area (Å²) in [4.78, 5) is 2.51. The van der Waals surface area contributed by atoms with Crippen molar-refractivity contribution in [1.82, 2.24) is 4.90 Å². The first-order chi connectivity index (χ1) is 8.90. The number of likely N-dealkylation sites (tertiary alicyclic amines) is 1. The summed E-state index contributed by atoms with van der Waals surface area (Å²) in [6.45, 7) is 4.14. The number of hydrogen-bond donors (Lipinski definition) is 1. The van der Waals surface area contributed by atoms with Gasteiger partial charge in [0.2, 0.25) is 0 Å². The molecule has 0 aromatic rings. The van der Waals surface area contributed by atoms with Crippen LogP contribution in [0, 0.1) is 0 Å². The molecule has 18 heavy (non-hydrogen) atoms. The molecule has 0 aromatic carbocycles. The Kier molecular flexibility index (Phi) is 6.41. The Hall–Kier alpha value is -0.160. The molecule has 0 aliphatic carbocycles. The zero-order chi connectivity index (χ0) is 12.6. The van der Waals surface area contributed by atoms with Crippen LogP contribution in [0.2, 0.25) is 0 Å². The van der Waals surface area contributed by atoms with E-state index >= 15 is 0 Å². The molecule has 4 heteroatoms. The van der Waals surface area contributed by atoms with Gasteiger partial charge in [-0.15, -0.1) is 0 Å². The van der Waals surface area contributed by atoms with Gasteiger partial charge in [0.05, 0.1) is 6.61 Å². The molecule has 2 aliphatic rings. The molecule has 0 aromatic heterocycles. The van der Waals surface area contributed by atoms with Crippen molar-refractivity contribution >= 4 is 0 Å². The number of aliphatic hydroxyl groups is 1. The first-order valence-corrected chi connectivity index (χ1v) is 7.48. The van der Waals surface area contributed by atoms with Gasteiger partial charge in [0.15, 0.2) is 6.29 Å². The van der Waals surface area contributed by atoms with Gasteiger partial charge in [0.1, 0.15) is 0 Å². The minimum absolute atomic E-state index is 0.0391. The summed E-state index contributed by atoms with van der Waals surface area (Å²) in [7, 11) is 0. The first-order valence-electron chi connectivity index (χ1n) is 7.48. The normalized spacial score (nSPS) is 29.8. The SMILES string of the molecule is OCCCC1CCCN1CCOC1CCCCO1. The fourth-order valence-corrected chi connectivity index (χ4v) is 2.99. The molecule has 4 nitrogen and oxygen atoms in total. The van der Waals surface area contributed by atoms with E-state index in [-0.39, 0.29) is 6.29 Å². The molecule has 2 unspecified atom stereocenters. The molecule has 0 saturated carbocycles. The van der Waals surface area contributed by atoms with Crippen molar-refractivity contribution < 1.29 is 14.6 Å². The highest BCUT2D eigenvalue weighted by atomic mass is 16.7. The summed E-state index contributed by atoms with van der Waals surface area (Å²) in [5.74, 6) is 0. The van der Waals surface area contributed by atoms with Gasteiger partial charge in [-0.3, -0.25) is 4.90 Å². The summed E-state index contributed by atoms with van der Waals surface area (Å²) in [6, 6.07) is 0.660. The van der Waals surface area contributed by atoms with Crippen LogP contribution >= 0.6 is 0 Å². The molecule has 2 saturated heterocycles. The highest BCUT2D eigenvalue weighted by Crippen LogP contribution is 2.21. The van der Waals surface area contributed by atoms with E-state index in [1.165, 1.54) is 32.2 Å². The van der Waals surface area contributed by atoms with Crippen LogP contribution in [0.4, 0.5) is 0 Å². The molecule has 1 N–H and O–H groups in total. The van der Waals surface area contributed by atoms with Gasteiger partial charge >= 0.3 is 0 Å². The van der Waals surface area contributed by atoms with Gasteiger partial charge in [-0.25, -0.2) is 0 Å². The topological polar surface area (TPSA) is 41.9 Å². The van der Waals surface area contributed by atoms with Crippen LogP contribution in [0.3, 0.4) is 0 Å². The Balaban J connectivity index is 1.59. The molecule has 2 aliphatic heterocycles. The molecule has 0 bridgehead atoms. The van der Waals surface area contributed by atoms with Crippen molar-refractivity contribution in [2.45, 2.75) is 57.3 Å². The van der Waals surface area contributed by atoms with Gasteiger partial charge in [-0.05, 0) is 51.5 Å². The van der Waals surface area contributed by atoms with Crippen LogP contribution in [0.15, 0.2) is 0 Å². The summed E-state index contributed by atoms with van der Waals surface area (Å²) >= 11 is 0. The van der Waals surface area contributed by atoms with Gasteiger partial charge in [-0.2, -0.15) is 0 Å². The lowest BCUT2D eigenvalue weighted by molar-refractivity contribution is -0.164. The number of rotatable bonds is 7. The van der Waals surface area contributed by atoms with Gasteiger partial charge < -0.3 is 14.6 Å². The van der Waals surface area contributed by atoms with Crippen LogP contribution in [-0.2, 0) is 9.47 Å². The minimum atomic E-state index is 0.0391. The molecule has 0 amide bonds. The van der Waals surface area contributed by atoms with E-state index in [4.69, 9.17) is 14.6 Å². The molecular formula is C14H27NO3. The summed E-state index contributed by atoms with van der Waals surface area (Å²) < 4.78 is 11.3. The summed E-state index contributed by atoms with van der Waals surface area (Å²) in [6.07, 6.45) is 8.11. The highest BCUT2D eigenvalue weighted by Gasteiger charge is 2.24. The average Bonchev–Trinajstić information content (AvgIpc) is 2.85. The Morgan fingerprint density at radius 3 is 2.94 bits per heavy atom. The third-order valence-corrected chi connectivity index (χ3v) is 4.01. The monoisotopic (exact) mass is 257 g/mol. The molecule has 0 radical (unpaired) electrons. The maximum Gasteiger partial charge on any atom is 0.157 e. The quantitative estimate of drug-likeness (QED) is 0.755. The third kappa shape index (κ3) is 4.50. The van der Waals surface area contributed by atoms with Crippen LogP contribution in [0.25, 0.3) is 0 Å². The standard InChI is InChI=1S/C14H27NO3/c16-10-4-6-13-5-3-8-15(13)9-12-18-14-7-1-2-11-17-14/h13-14,16H,1-12H2. The fraction of sp³-hybridized carbons (Fsp3) is 1.00. The molecule has 0 spiro atoms. The maximum absolute atomic E-state index is 8.90. The smallest absolute Gasteiger partial charge is 0.157 e. The number of nitrogens with zero attached hydrogens (tertiary/aromatic N) is 1. The van der Waals surface area contributed by atoms with Crippen LogP contribution < -0.4 is 0 Å². The second kappa shape index (κ2) is 8.10. The highest BCUT2D eigenvalue weighted by molar-refractivity contribution is 4.78. The second-order valence-corrected chi connectivity index (χ2v) is 5.36. The third-order valence-electron chi connectivity index (χ3n) is 4.01. The van der Waals surface area contributed by atoms with E-state index in [0.717, 1.165) is 39.0 Å². The predicted octanol–water partition coefficient (Wildman–Crippen LogP) is 1.77. The van der Waals surface area contributed by atoms with Crippen molar-refractivity contribution in [2.75, 3.05) is 32.9 Å². The zero-order valence-electron chi connectivity index (χ0n) is 11.4.